The van der Waals surface area contributed by atoms with E-state index in [1.54, 1.807) is 13.8 Å². The highest BCUT2D eigenvalue weighted by Crippen LogP contribution is 2.26. The molecule has 0 fully saturated rings. The monoisotopic (exact) mass is 283 g/mol. The second kappa shape index (κ2) is 6.74. The molecule has 7 heteroatoms. The van der Waals surface area contributed by atoms with Crippen molar-refractivity contribution in [2.75, 3.05) is 30.3 Å². The first-order valence-corrected chi connectivity index (χ1v) is 6.20. The summed E-state index contributed by atoms with van der Waals surface area (Å²) < 4.78 is 18.8. The molecule has 0 spiro atoms. The van der Waals surface area contributed by atoms with Crippen molar-refractivity contribution >= 4 is 23.3 Å². The molecule has 0 aliphatic rings. The van der Waals surface area contributed by atoms with Gasteiger partial charge in [-0.25, -0.2) is 9.18 Å². The molecule has 0 saturated heterocycles. The van der Waals surface area contributed by atoms with E-state index in [4.69, 9.17) is 16.2 Å². The summed E-state index contributed by atoms with van der Waals surface area (Å²) in [6.07, 6.45) is 0. The number of benzene rings is 1. The van der Waals surface area contributed by atoms with Gasteiger partial charge >= 0.3 is 5.97 Å². The van der Waals surface area contributed by atoms with Gasteiger partial charge < -0.3 is 21.1 Å². The number of likely N-dealkylation sites (N-methyl/N-ethyl adjacent to an activating group) is 1. The predicted molar refractivity (Wildman–Crippen MR) is 73.9 cm³/mol. The molecule has 20 heavy (non-hydrogen) atoms. The van der Waals surface area contributed by atoms with Crippen molar-refractivity contribution in [2.24, 2.45) is 5.73 Å². The molecule has 0 atom stereocenters. The number of amides is 1. The number of hydrogen-bond acceptors (Lipinski definition) is 5. The third-order valence-electron chi connectivity index (χ3n) is 2.68. The largest absolute Gasteiger partial charge is 0.462 e. The van der Waals surface area contributed by atoms with Gasteiger partial charge in [-0.1, -0.05) is 0 Å². The second-order valence-corrected chi connectivity index (χ2v) is 4.09. The van der Waals surface area contributed by atoms with E-state index in [0.29, 0.717) is 6.54 Å². The minimum atomic E-state index is -0.638. The molecular weight excluding hydrogens is 265 g/mol. The van der Waals surface area contributed by atoms with Gasteiger partial charge in [0.25, 0.3) is 0 Å². The van der Waals surface area contributed by atoms with Crippen molar-refractivity contribution in [1.29, 1.82) is 0 Å². The molecule has 0 radical (unpaired) electrons. The fourth-order valence-corrected chi connectivity index (χ4v) is 1.76. The van der Waals surface area contributed by atoms with E-state index in [1.165, 1.54) is 11.0 Å². The van der Waals surface area contributed by atoms with Crippen molar-refractivity contribution in [3.05, 3.63) is 23.5 Å². The fourth-order valence-electron chi connectivity index (χ4n) is 1.76. The van der Waals surface area contributed by atoms with Crippen LogP contribution in [0, 0.1) is 5.82 Å². The van der Waals surface area contributed by atoms with Crippen molar-refractivity contribution in [1.82, 2.24) is 0 Å². The van der Waals surface area contributed by atoms with E-state index in [2.05, 4.69) is 0 Å². The quantitative estimate of drug-likeness (QED) is 0.597. The van der Waals surface area contributed by atoms with Gasteiger partial charge in [-0.05, 0) is 26.0 Å². The Morgan fingerprint density at radius 1 is 1.35 bits per heavy atom. The molecule has 0 aromatic heterocycles. The second-order valence-electron chi connectivity index (χ2n) is 4.09. The standard InChI is InChI=1S/C13H18FN3O3/c1-3-17(7-12(16)18)11-5-8(13(19)20-4-2)10(15)6-9(11)14/h5-6H,3-4,7,15H2,1-2H3,(H2,16,18). The molecule has 1 amide bonds. The van der Waals surface area contributed by atoms with E-state index in [0.717, 1.165) is 6.07 Å². The van der Waals surface area contributed by atoms with Crippen LogP contribution in [-0.4, -0.2) is 31.6 Å². The van der Waals surface area contributed by atoms with Crippen molar-refractivity contribution in [3.8, 4) is 0 Å². The van der Waals surface area contributed by atoms with Crippen LogP contribution >= 0.6 is 0 Å². The van der Waals surface area contributed by atoms with Gasteiger partial charge in [0.05, 0.1) is 24.4 Å². The summed E-state index contributed by atoms with van der Waals surface area (Å²) in [6, 6.07) is 2.31. The van der Waals surface area contributed by atoms with Gasteiger partial charge in [0.15, 0.2) is 0 Å². The van der Waals surface area contributed by atoms with Crippen molar-refractivity contribution < 1.29 is 18.7 Å². The van der Waals surface area contributed by atoms with Crippen LogP contribution in [0.2, 0.25) is 0 Å². The summed E-state index contributed by atoms with van der Waals surface area (Å²) in [7, 11) is 0. The fraction of sp³-hybridized carbons (Fsp3) is 0.385. The lowest BCUT2D eigenvalue weighted by Crippen LogP contribution is -2.34. The first-order valence-electron chi connectivity index (χ1n) is 6.20. The van der Waals surface area contributed by atoms with Gasteiger partial charge in [0.2, 0.25) is 5.91 Å². The molecule has 110 valence electrons. The highest BCUT2D eigenvalue weighted by atomic mass is 19.1. The maximum atomic E-state index is 13.9. The number of nitrogen functional groups attached to an aromatic ring is 1. The number of nitrogens with two attached hydrogens (primary N) is 2. The molecule has 1 rings (SSSR count). The minimum Gasteiger partial charge on any atom is -0.462 e. The minimum absolute atomic E-state index is 0.0140. The zero-order valence-corrected chi connectivity index (χ0v) is 11.5. The van der Waals surface area contributed by atoms with Crippen LogP contribution in [-0.2, 0) is 9.53 Å². The Bertz CT molecular complexity index is 520. The summed E-state index contributed by atoms with van der Waals surface area (Å²) >= 11 is 0. The Morgan fingerprint density at radius 3 is 2.50 bits per heavy atom. The van der Waals surface area contributed by atoms with Gasteiger partial charge in [-0.15, -0.1) is 0 Å². The topological polar surface area (TPSA) is 98.6 Å². The SMILES string of the molecule is CCOC(=O)c1cc(N(CC)CC(N)=O)c(F)cc1N. The first kappa shape index (κ1) is 15.7. The molecule has 4 N–H and O–H groups in total. The van der Waals surface area contributed by atoms with Gasteiger partial charge in [-0.2, -0.15) is 0 Å². The summed E-state index contributed by atoms with van der Waals surface area (Å²) in [4.78, 5) is 24.1. The van der Waals surface area contributed by atoms with E-state index in [9.17, 15) is 14.0 Å². The summed E-state index contributed by atoms with van der Waals surface area (Å²) in [6.45, 7) is 3.78. The van der Waals surface area contributed by atoms with Crippen LogP contribution in [0.25, 0.3) is 0 Å². The Kier molecular flexibility index (Phi) is 5.31. The Hall–Kier alpha value is -2.31. The Morgan fingerprint density at radius 2 is 2.00 bits per heavy atom. The third kappa shape index (κ3) is 3.59. The Balaban J connectivity index is 3.22. The van der Waals surface area contributed by atoms with E-state index >= 15 is 0 Å². The number of nitrogens with zero attached hydrogens (tertiary/aromatic N) is 1. The van der Waals surface area contributed by atoms with E-state index < -0.39 is 17.7 Å². The van der Waals surface area contributed by atoms with Gasteiger partial charge in [0.1, 0.15) is 5.82 Å². The number of rotatable bonds is 6. The lowest BCUT2D eigenvalue weighted by molar-refractivity contribution is -0.116. The normalized spacial score (nSPS) is 10.2. The summed E-state index contributed by atoms with van der Waals surface area (Å²) in [5.74, 6) is -1.86. The molecule has 0 aliphatic carbocycles. The molecule has 1 aromatic rings. The van der Waals surface area contributed by atoms with Crippen LogP contribution in [0.5, 0.6) is 0 Å². The number of halogens is 1. The predicted octanol–water partition coefficient (Wildman–Crippen LogP) is 0.896. The number of carbonyl (C=O) groups excluding carboxylic acids is 2. The lowest BCUT2D eigenvalue weighted by atomic mass is 10.1. The molecule has 0 heterocycles. The van der Waals surface area contributed by atoms with Crippen LogP contribution in [0.15, 0.2) is 12.1 Å². The molecule has 6 nitrogen and oxygen atoms in total. The zero-order chi connectivity index (χ0) is 15.3. The van der Waals surface area contributed by atoms with Crippen molar-refractivity contribution in [2.45, 2.75) is 13.8 Å². The smallest absolute Gasteiger partial charge is 0.340 e. The summed E-state index contributed by atoms with van der Waals surface area (Å²) in [5.41, 5.74) is 10.9. The average molecular weight is 283 g/mol. The van der Waals surface area contributed by atoms with Crippen LogP contribution < -0.4 is 16.4 Å². The highest BCUT2D eigenvalue weighted by Gasteiger charge is 2.19. The number of primary amides is 1. The van der Waals surface area contributed by atoms with E-state index in [1.807, 2.05) is 0 Å². The molecule has 0 saturated carbocycles. The molecule has 0 aliphatic heterocycles. The summed E-state index contributed by atoms with van der Waals surface area (Å²) in [5, 5.41) is 0. The molecule has 1 aromatic carbocycles. The lowest BCUT2D eigenvalue weighted by Gasteiger charge is -2.23. The highest BCUT2D eigenvalue weighted by molar-refractivity contribution is 5.96. The number of carbonyl (C=O) groups is 2. The van der Waals surface area contributed by atoms with Gasteiger partial charge in [0, 0.05) is 12.2 Å². The molecule has 0 unspecified atom stereocenters. The number of esters is 1. The number of ether oxygens (including phenoxy) is 1. The van der Waals surface area contributed by atoms with Crippen LogP contribution in [0.3, 0.4) is 0 Å². The maximum absolute atomic E-state index is 13.9. The van der Waals surface area contributed by atoms with Gasteiger partial charge in [-0.3, -0.25) is 4.79 Å². The number of anilines is 2. The number of hydrogen-bond donors (Lipinski definition) is 2. The first-order chi connectivity index (χ1) is 9.40. The van der Waals surface area contributed by atoms with Crippen LogP contribution in [0.4, 0.5) is 15.8 Å². The van der Waals surface area contributed by atoms with E-state index in [-0.39, 0.29) is 30.1 Å². The van der Waals surface area contributed by atoms with Crippen LogP contribution in [0.1, 0.15) is 24.2 Å². The third-order valence-corrected chi connectivity index (χ3v) is 2.68. The molecule has 0 bridgehead atoms. The average Bonchev–Trinajstić information content (AvgIpc) is 2.36. The Labute approximate surface area is 116 Å². The molecular formula is C13H18FN3O3. The zero-order valence-electron chi connectivity index (χ0n) is 11.5. The van der Waals surface area contributed by atoms with Crippen molar-refractivity contribution in [3.63, 3.8) is 0 Å². The maximum Gasteiger partial charge on any atom is 0.340 e.